The Morgan fingerprint density at radius 2 is 1.83 bits per heavy atom. The number of ether oxygens (including phenoxy) is 2. The second-order valence-corrected chi connectivity index (χ2v) is 7.43. The van der Waals surface area contributed by atoms with Crippen molar-refractivity contribution in [3.63, 3.8) is 0 Å². The first-order valence-electron chi connectivity index (χ1n) is 8.93. The fourth-order valence-corrected chi connectivity index (χ4v) is 2.70. The van der Waals surface area contributed by atoms with Gasteiger partial charge >= 0.3 is 12.5 Å². The van der Waals surface area contributed by atoms with Crippen molar-refractivity contribution in [3.05, 3.63) is 24.3 Å². The standard InChI is InChI=1S/C18H21F3N4O4/c1-17(2,3)28-16(26)25-9-7-24(8-10-25)15-22-14(29-23-15)12-5-4-6-13(11-12)27-18(19,20)21/h4-6,11H,7-10H2,1-3H3. The van der Waals surface area contributed by atoms with Crippen LogP contribution in [-0.2, 0) is 4.74 Å². The van der Waals surface area contributed by atoms with E-state index in [2.05, 4.69) is 14.9 Å². The first kappa shape index (κ1) is 20.7. The molecule has 3 rings (SSSR count). The lowest BCUT2D eigenvalue weighted by Crippen LogP contribution is -2.50. The number of piperazine rings is 1. The second-order valence-electron chi connectivity index (χ2n) is 7.43. The van der Waals surface area contributed by atoms with Crippen molar-refractivity contribution in [1.82, 2.24) is 15.0 Å². The summed E-state index contributed by atoms with van der Waals surface area (Å²) in [5.74, 6) is -0.00565. The van der Waals surface area contributed by atoms with Gasteiger partial charge in [0.05, 0.1) is 0 Å². The molecular weight excluding hydrogens is 393 g/mol. The first-order valence-corrected chi connectivity index (χ1v) is 8.93. The number of anilines is 1. The SMILES string of the molecule is CC(C)(C)OC(=O)N1CCN(c2noc(-c3cccc(OC(F)(F)F)c3)n2)CC1. The number of benzene rings is 1. The molecule has 2 heterocycles. The number of hydrogen-bond donors (Lipinski definition) is 0. The van der Waals surface area contributed by atoms with Crippen LogP contribution in [0.4, 0.5) is 23.9 Å². The topological polar surface area (TPSA) is 80.9 Å². The third kappa shape index (κ3) is 5.75. The second kappa shape index (κ2) is 7.80. The van der Waals surface area contributed by atoms with E-state index in [1.807, 2.05) is 4.90 Å². The molecule has 8 nitrogen and oxygen atoms in total. The molecule has 0 radical (unpaired) electrons. The number of alkyl halides is 3. The fourth-order valence-electron chi connectivity index (χ4n) is 2.70. The largest absolute Gasteiger partial charge is 0.573 e. The third-order valence-electron chi connectivity index (χ3n) is 3.94. The number of hydrogen-bond acceptors (Lipinski definition) is 7. The number of nitrogens with zero attached hydrogens (tertiary/aromatic N) is 4. The minimum Gasteiger partial charge on any atom is -0.444 e. The van der Waals surface area contributed by atoms with E-state index in [1.165, 1.54) is 18.2 Å². The molecule has 1 aliphatic rings. The number of carbonyl (C=O) groups excluding carboxylic acids is 1. The number of amides is 1. The van der Waals surface area contributed by atoms with Crippen molar-refractivity contribution in [2.75, 3.05) is 31.1 Å². The molecule has 0 saturated carbocycles. The molecule has 1 aromatic heterocycles. The van der Waals surface area contributed by atoms with E-state index in [4.69, 9.17) is 9.26 Å². The van der Waals surface area contributed by atoms with Crippen LogP contribution < -0.4 is 9.64 Å². The van der Waals surface area contributed by atoms with E-state index in [-0.39, 0.29) is 17.7 Å². The highest BCUT2D eigenvalue weighted by Crippen LogP contribution is 2.28. The Balaban J connectivity index is 1.63. The Morgan fingerprint density at radius 3 is 2.45 bits per heavy atom. The van der Waals surface area contributed by atoms with Gasteiger partial charge < -0.3 is 23.8 Å². The van der Waals surface area contributed by atoms with Crippen molar-refractivity contribution in [3.8, 4) is 17.2 Å². The summed E-state index contributed by atoms with van der Waals surface area (Å²) in [5, 5.41) is 3.89. The molecule has 29 heavy (non-hydrogen) atoms. The molecule has 1 fully saturated rings. The maximum absolute atomic E-state index is 12.4. The van der Waals surface area contributed by atoms with Crippen LogP contribution in [-0.4, -0.2) is 59.3 Å². The van der Waals surface area contributed by atoms with Gasteiger partial charge in [-0.15, -0.1) is 13.2 Å². The molecule has 0 aliphatic carbocycles. The van der Waals surface area contributed by atoms with Crippen LogP contribution in [0, 0.1) is 0 Å². The van der Waals surface area contributed by atoms with E-state index in [1.54, 1.807) is 31.7 Å². The van der Waals surface area contributed by atoms with Crippen LogP contribution >= 0.6 is 0 Å². The molecule has 158 valence electrons. The highest BCUT2D eigenvalue weighted by molar-refractivity contribution is 5.68. The molecule has 0 atom stereocenters. The van der Waals surface area contributed by atoms with Crippen molar-refractivity contribution < 1.29 is 32.0 Å². The molecule has 1 amide bonds. The van der Waals surface area contributed by atoms with Gasteiger partial charge in [-0.2, -0.15) is 4.98 Å². The molecule has 2 aromatic rings. The van der Waals surface area contributed by atoms with Gasteiger partial charge in [-0.3, -0.25) is 0 Å². The Hall–Kier alpha value is -2.98. The van der Waals surface area contributed by atoms with E-state index in [0.717, 1.165) is 0 Å². The summed E-state index contributed by atoms with van der Waals surface area (Å²) in [4.78, 5) is 19.8. The Bertz CT molecular complexity index is 855. The van der Waals surface area contributed by atoms with Gasteiger partial charge in [0.2, 0.25) is 0 Å². The van der Waals surface area contributed by atoms with E-state index >= 15 is 0 Å². The summed E-state index contributed by atoms with van der Waals surface area (Å²) in [5.41, 5.74) is -0.265. The minimum atomic E-state index is -4.79. The predicted octanol–water partition coefficient (Wildman–Crippen LogP) is 3.69. The molecule has 1 aromatic carbocycles. The lowest BCUT2D eigenvalue weighted by Gasteiger charge is -2.34. The Labute approximate surface area is 165 Å². The molecule has 1 saturated heterocycles. The number of aromatic nitrogens is 2. The molecular formula is C18H21F3N4O4. The van der Waals surface area contributed by atoms with Gasteiger partial charge in [0.15, 0.2) is 0 Å². The van der Waals surface area contributed by atoms with Gasteiger partial charge in [-0.1, -0.05) is 6.07 Å². The van der Waals surface area contributed by atoms with Crippen LogP contribution in [0.3, 0.4) is 0 Å². The quantitative estimate of drug-likeness (QED) is 0.758. The molecule has 11 heteroatoms. The van der Waals surface area contributed by atoms with Gasteiger partial charge in [-0.25, -0.2) is 4.79 Å². The predicted molar refractivity (Wildman–Crippen MR) is 96.4 cm³/mol. The molecule has 0 bridgehead atoms. The molecule has 0 unspecified atom stereocenters. The van der Waals surface area contributed by atoms with Gasteiger partial charge in [-0.05, 0) is 44.1 Å². The van der Waals surface area contributed by atoms with Crippen molar-refractivity contribution in [2.45, 2.75) is 32.7 Å². The summed E-state index contributed by atoms with van der Waals surface area (Å²) in [6, 6.07) is 5.30. The highest BCUT2D eigenvalue weighted by atomic mass is 19.4. The lowest BCUT2D eigenvalue weighted by atomic mass is 10.2. The fraction of sp³-hybridized carbons (Fsp3) is 0.500. The molecule has 1 aliphatic heterocycles. The van der Waals surface area contributed by atoms with E-state index in [0.29, 0.717) is 37.7 Å². The zero-order chi connectivity index (χ0) is 21.2. The van der Waals surface area contributed by atoms with Crippen molar-refractivity contribution >= 4 is 12.0 Å². The van der Waals surface area contributed by atoms with Crippen molar-refractivity contribution in [1.29, 1.82) is 0 Å². The average Bonchev–Trinajstić information content (AvgIpc) is 3.09. The van der Waals surface area contributed by atoms with Crippen LogP contribution in [0.25, 0.3) is 11.5 Å². The summed E-state index contributed by atoms with van der Waals surface area (Å²) in [7, 11) is 0. The lowest BCUT2D eigenvalue weighted by molar-refractivity contribution is -0.274. The summed E-state index contributed by atoms with van der Waals surface area (Å²) in [6.07, 6.45) is -5.17. The van der Waals surface area contributed by atoms with E-state index < -0.39 is 12.0 Å². The number of halogens is 3. The Morgan fingerprint density at radius 1 is 1.14 bits per heavy atom. The maximum atomic E-state index is 12.4. The molecule has 0 spiro atoms. The van der Waals surface area contributed by atoms with Crippen molar-refractivity contribution in [2.24, 2.45) is 0 Å². The average molecular weight is 414 g/mol. The smallest absolute Gasteiger partial charge is 0.444 e. The van der Waals surface area contributed by atoms with Crippen LogP contribution in [0.15, 0.2) is 28.8 Å². The zero-order valence-corrected chi connectivity index (χ0v) is 16.2. The molecule has 0 N–H and O–H groups in total. The normalized spacial score (nSPS) is 15.4. The Kier molecular flexibility index (Phi) is 5.58. The first-order chi connectivity index (χ1) is 13.5. The van der Waals surface area contributed by atoms with Gasteiger partial charge in [0, 0.05) is 31.7 Å². The van der Waals surface area contributed by atoms with Crippen LogP contribution in [0.2, 0.25) is 0 Å². The monoisotopic (exact) mass is 414 g/mol. The van der Waals surface area contributed by atoms with Crippen LogP contribution in [0.1, 0.15) is 20.8 Å². The number of carbonyl (C=O) groups is 1. The minimum absolute atomic E-state index is 0.0715. The zero-order valence-electron chi connectivity index (χ0n) is 16.2. The summed E-state index contributed by atoms with van der Waals surface area (Å²) in [6.45, 7) is 7.19. The van der Waals surface area contributed by atoms with Crippen LogP contribution in [0.5, 0.6) is 5.75 Å². The van der Waals surface area contributed by atoms with Gasteiger partial charge in [0.25, 0.3) is 11.8 Å². The van der Waals surface area contributed by atoms with Gasteiger partial charge in [0.1, 0.15) is 11.4 Å². The van der Waals surface area contributed by atoms with E-state index in [9.17, 15) is 18.0 Å². The maximum Gasteiger partial charge on any atom is 0.573 e. The summed E-state index contributed by atoms with van der Waals surface area (Å²) >= 11 is 0. The summed E-state index contributed by atoms with van der Waals surface area (Å²) < 4.78 is 51.6. The highest BCUT2D eigenvalue weighted by Gasteiger charge is 2.31. The third-order valence-corrected chi connectivity index (χ3v) is 3.94. The number of rotatable bonds is 3.